The van der Waals surface area contributed by atoms with E-state index in [1.807, 2.05) is 36.9 Å². The van der Waals surface area contributed by atoms with Crippen LogP contribution in [0.15, 0.2) is 42.5 Å². The minimum atomic E-state index is -2.88. The number of ether oxygens (including phenoxy) is 2. The molecule has 1 aliphatic rings. The van der Waals surface area contributed by atoms with E-state index in [-0.39, 0.29) is 24.8 Å². The molecular formula is C23H28F2N2O4. The lowest BCUT2D eigenvalue weighted by Gasteiger charge is -2.37. The number of alkyl halides is 2. The lowest BCUT2D eigenvalue weighted by atomic mass is 9.92. The average molecular weight is 434 g/mol. The van der Waals surface area contributed by atoms with Crippen LogP contribution in [0.4, 0.5) is 14.5 Å². The zero-order valence-corrected chi connectivity index (χ0v) is 17.7. The molecule has 1 heterocycles. The topological polar surface area (TPSA) is 71.0 Å². The molecule has 8 heteroatoms. The first kappa shape index (κ1) is 23.0. The van der Waals surface area contributed by atoms with Crippen LogP contribution in [-0.2, 0) is 4.79 Å². The summed E-state index contributed by atoms with van der Waals surface area (Å²) in [5, 5.41) is 13.6. The Balaban J connectivity index is 1.42. The fourth-order valence-electron chi connectivity index (χ4n) is 3.42. The van der Waals surface area contributed by atoms with Gasteiger partial charge in [-0.15, -0.1) is 0 Å². The summed E-state index contributed by atoms with van der Waals surface area (Å²) in [5.41, 5.74) is 1.91. The van der Waals surface area contributed by atoms with Crippen molar-refractivity contribution in [3.05, 3.63) is 53.6 Å². The first-order valence-corrected chi connectivity index (χ1v) is 10.2. The van der Waals surface area contributed by atoms with Crippen LogP contribution in [0.25, 0.3) is 0 Å². The monoisotopic (exact) mass is 434 g/mol. The maximum atomic E-state index is 12.3. The van der Waals surface area contributed by atoms with Crippen LogP contribution in [0.3, 0.4) is 0 Å². The number of likely N-dealkylation sites (tertiary alicyclic amines) is 1. The van der Waals surface area contributed by atoms with Gasteiger partial charge in [0.1, 0.15) is 23.7 Å². The molecule has 6 nitrogen and oxygen atoms in total. The minimum absolute atomic E-state index is 0.0336. The molecular weight excluding hydrogens is 406 g/mol. The predicted octanol–water partition coefficient (Wildman–Crippen LogP) is 3.75. The van der Waals surface area contributed by atoms with Crippen molar-refractivity contribution >= 4 is 11.6 Å². The first-order valence-electron chi connectivity index (χ1n) is 10.2. The Hall–Kier alpha value is -2.71. The standard InChI is InChI=1S/C23H28F2N2O4/c1-16-3-6-20(13-17(16)2)30-15-23(29)9-11-27(12-10-23)14-21(28)26-18-4-7-19(8-5-18)31-22(24)25/h3-8,13,22,29H,9-12,14-15H2,1-2H3,(H,26,28). The van der Waals surface area contributed by atoms with Gasteiger partial charge in [0.05, 0.1) is 6.54 Å². The number of aliphatic hydroxyl groups is 1. The summed E-state index contributed by atoms with van der Waals surface area (Å²) < 4.78 is 34.5. The van der Waals surface area contributed by atoms with E-state index in [9.17, 15) is 18.7 Å². The van der Waals surface area contributed by atoms with Gasteiger partial charge >= 0.3 is 6.61 Å². The molecule has 0 aromatic heterocycles. The fourth-order valence-corrected chi connectivity index (χ4v) is 3.42. The highest BCUT2D eigenvalue weighted by Crippen LogP contribution is 2.25. The summed E-state index contributed by atoms with van der Waals surface area (Å²) in [6, 6.07) is 11.6. The molecule has 2 aromatic rings. The zero-order valence-electron chi connectivity index (χ0n) is 17.7. The minimum Gasteiger partial charge on any atom is -0.491 e. The van der Waals surface area contributed by atoms with E-state index >= 15 is 0 Å². The van der Waals surface area contributed by atoms with E-state index in [4.69, 9.17) is 4.74 Å². The van der Waals surface area contributed by atoms with Gasteiger partial charge in [-0.3, -0.25) is 9.69 Å². The number of aryl methyl sites for hydroxylation is 2. The molecule has 168 valence electrons. The van der Waals surface area contributed by atoms with E-state index in [0.29, 0.717) is 31.6 Å². The summed E-state index contributed by atoms with van der Waals surface area (Å²) in [6.07, 6.45) is 1.01. The molecule has 1 amide bonds. The van der Waals surface area contributed by atoms with Crippen LogP contribution in [-0.4, -0.2) is 54.4 Å². The highest BCUT2D eigenvalue weighted by molar-refractivity contribution is 5.92. The zero-order chi connectivity index (χ0) is 22.4. The summed E-state index contributed by atoms with van der Waals surface area (Å²) in [4.78, 5) is 14.2. The Morgan fingerprint density at radius 3 is 2.35 bits per heavy atom. The normalized spacial score (nSPS) is 16.2. The van der Waals surface area contributed by atoms with Crippen LogP contribution >= 0.6 is 0 Å². The smallest absolute Gasteiger partial charge is 0.387 e. The number of piperidine rings is 1. The van der Waals surface area contributed by atoms with Crippen molar-refractivity contribution in [2.45, 2.75) is 38.9 Å². The van der Waals surface area contributed by atoms with Crippen molar-refractivity contribution in [3.8, 4) is 11.5 Å². The molecule has 0 atom stereocenters. The van der Waals surface area contributed by atoms with Crippen molar-refractivity contribution in [2.24, 2.45) is 0 Å². The largest absolute Gasteiger partial charge is 0.491 e. The number of carbonyl (C=O) groups is 1. The van der Waals surface area contributed by atoms with Crippen molar-refractivity contribution in [2.75, 3.05) is 31.6 Å². The Morgan fingerprint density at radius 1 is 1.10 bits per heavy atom. The number of hydrogen-bond acceptors (Lipinski definition) is 5. The summed E-state index contributed by atoms with van der Waals surface area (Å²) in [5.74, 6) is 0.564. The van der Waals surface area contributed by atoms with E-state index in [1.54, 1.807) is 0 Å². The first-order chi connectivity index (χ1) is 14.7. The predicted molar refractivity (Wildman–Crippen MR) is 114 cm³/mol. The Labute approximate surface area is 180 Å². The van der Waals surface area contributed by atoms with Gasteiger partial charge in [0, 0.05) is 18.8 Å². The van der Waals surface area contributed by atoms with Crippen molar-refractivity contribution < 1.29 is 28.2 Å². The third-order valence-electron chi connectivity index (χ3n) is 5.50. The molecule has 0 spiro atoms. The number of amides is 1. The molecule has 0 saturated carbocycles. The number of carbonyl (C=O) groups excluding carboxylic acids is 1. The lowest BCUT2D eigenvalue weighted by molar-refractivity contribution is -0.119. The molecule has 1 saturated heterocycles. The van der Waals surface area contributed by atoms with Crippen LogP contribution < -0.4 is 14.8 Å². The highest BCUT2D eigenvalue weighted by atomic mass is 19.3. The molecule has 0 bridgehead atoms. The summed E-state index contributed by atoms with van der Waals surface area (Å²) in [6.45, 7) is 2.71. The maximum absolute atomic E-state index is 12.3. The van der Waals surface area contributed by atoms with Crippen molar-refractivity contribution in [1.29, 1.82) is 0 Å². The third-order valence-corrected chi connectivity index (χ3v) is 5.50. The number of benzene rings is 2. The van der Waals surface area contributed by atoms with Gasteiger partial charge in [0.25, 0.3) is 0 Å². The summed E-state index contributed by atoms with van der Waals surface area (Å²) in [7, 11) is 0. The number of anilines is 1. The Kier molecular flexibility index (Phi) is 7.46. The van der Waals surface area contributed by atoms with Gasteiger partial charge in [-0.1, -0.05) is 6.07 Å². The van der Waals surface area contributed by atoms with Crippen molar-refractivity contribution in [3.63, 3.8) is 0 Å². The Bertz CT molecular complexity index is 882. The van der Waals surface area contributed by atoms with Crippen LogP contribution in [0.2, 0.25) is 0 Å². The maximum Gasteiger partial charge on any atom is 0.387 e. The number of halogens is 2. The van der Waals surface area contributed by atoms with E-state index in [0.717, 1.165) is 11.3 Å². The molecule has 0 radical (unpaired) electrons. The van der Waals surface area contributed by atoms with Crippen LogP contribution in [0.5, 0.6) is 11.5 Å². The third kappa shape index (κ3) is 6.90. The lowest BCUT2D eigenvalue weighted by Crippen LogP contribution is -2.49. The fraction of sp³-hybridized carbons (Fsp3) is 0.435. The quantitative estimate of drug-likeness (QED) is 0.662. The van der Waals surface area contributed by atoms with E-state index in [1.165, 1.54) is 29.8 Å². The molecule has 31 heavy (non-hydrogen) atoms. The second kappa shape index (κ2) is 10.1. The van der Waals surface area contributed by atoms with Crippen LogP contribution in [0, 0.1) is 13.8 Å². The van der Waals surface area contributed by atoms with Gasteiger partial charge < -0.3 is 19.9 Å². The SMILES string of the molecule is Cc1ccc(OCC2(O)CCN(CC(=O)Nc3ccc(OC(F)F)cc3)CC2)cc1C. The molecule has 3 rings (SSSR count). The number of rotatable bonds is 8. The number of nitrogens with one attached hydrogen (secondary N) is 1. The van der Waals surface area contributed by atoms with E-state index < -0.39 is 12.2 Å². The molecule has 1 aliphatic heterocycles. The molecule has 1 fully saturated rings. The van der Waals surface area contributed by atoms with E-state index in [2.05, 4.69) is 10.1 Å². The summed E-state index contributed by atoms with van der Waals surface area (Å²) >= 11 is 0. The second-order valence-electron chi connectivity index (χ2n) is 7.99. The average Bonchev–Trinajstić information content (AvgIpc) is 2.72. The molecule has 2 aromatic carbocycles. The molecule has 2 N–H and O–H groups in total. The number of nitrogens with zero attached hydrogens (tertiary/aromatic N) is 1. The second-order valence-corrected chi connectivity index (χ2v) is 7.99. The van der Waals surface area contributed by atoms with Gasteiger partial charge in [-0.05, 0) is 74.2 Å². The van der Waals surface area contributed by atoms with Gasteiger partial charge in [-0.25, -0.2) is 0 Å². The molecule has 0 unspecified atom stereocenters. The molecule has 0 aliphatic carbocycles. The Morgan fingerprint density at radius 2 is 1.74 bits per heavy atom. The highest BCUT2D eigenvalue weighted by Gasteiger charge is 2.33. The van der Waals surface area contributed by atoms with Crippen molar-refractivity contribution in [1.82, 2.24) is 4.90 Å². The van der Waals surface area contributed by atoms with Crippen LogP contribution in [0.1, 0.15) is 24.0 Å². The van der Waals surface area contributed by atoms with Gasteiger partial charge in [-0.2, -0.15) is 8.78 Å². The van der Waals surface area contributed by atoms with Gasteiger partial charge in [0.2, 0.25) is 5.91 Å². The number of hydrogen-bond donors (Lipinski definition) is 2. The van der Waals surface area contributed by atoms with Gasteiger partial charge in [0.15, 0.2) is 0 Å².